The highest BCUT2D eigenvalue weighted by molar-refractivity contribution is 5.93. The minimum atomic E-state index is -0.252. The number of nitrogens with two attached hydrogens (primary N) is 1. The Labute approximate surface area is 115 Å². The minimum Gasteiger partial charge on any atom is -0.326 e. The topological polar surface area (TPSA) is 55.1 Å². The van der Waals surface area contributed by atoms with Gasteiger partial charge in [0.15, 0.2) is 0 Å². The molecule has 0 atom stereocenters. The van der Waals surface area contributed by atoms with E-state index in [1.165, 1.54) is 11.1 Å². The van der Waals surface area contributed by atoms with Crippen molar-refractivity contribution < 1.29 is 4.79 Å². The summed E-state index contributed by atoms with van der Waals surface area (Å²) in [6.07, 6.45) is 5.38. The Morgan fingerprint density at radius 1 is 1.26 bits per heavy atom. The Bertz CT molecular complexity index is 442. The molecule has 1 aromatic carbocycles. The van der Waals surface area contributed by atoms with E-state index in [0.717, 1.165) is 37.8 Å². The highest BCUT2D eigenvalue weighted by Gasteiger charge is 2.34. The van der Waals surface area contributed by atoms with E-state index >= 15 is 0 Å². The second-order valence-corrected chi connectivity index (χ2v) is 5.60. The van der Waals surface area contributed by atoms with Gasteiger partial charge in [0.25, 0.3) is 0 Å². The monoisotopic (exact) mass is 260 g/mol. The van der Waals surface area contributed by atoms with Crippen molar-refractivity contribution in [2.75, 3.05) is 5.32 Å². The van der Waals surface area contributed by atoms with Crippen LogP contribution in [0, 0.1) is 0 Å². The molecule has 1 saturated carbocycles. The molecule has 0 radical (unpaired) electrons. The molecule has 3 N–H and O–H groups in total. The van der Waals surface area contributed by atoms with Crippen LogP contribution in [0.5, 0.6) is 0 Å². The fraction of sp³-hybridized carbons (Fsp3) is 0.562. The summed E-state index contributed by atoms with van der Waals surface area (Å²) in [5.41, 5.74) is 9.29. The summed E-state index contributed by atoms with van der Waals surface area (Å²) in [5.74, 6) is 0.0535. The van der Waals surface area contributed by atoms with E-state index in [0.29, 0.717) is 6.42 Å². The van der Waals surface area contributed by atoms with Crippen LogP contribution in [0.1, 0.15) is 50.7 Å². The van der Waals surface area contributed by atoms with E-state index in [1.54, 1.807) is 0 Å². The second-order valence-electron chi connectivity index (χ2n) is 5.60. The first kappa shape index (κ1) is 14.1. The number of hydrogen-bond donors (Lipinski definition) is 2. The van der Waals surface area contributed by atoms with Crippen molar-refractivity contribution in [1.82, 2.24) is 0 Å². The molecule has 1 aliphatic rings. The van der Waals surface area contributed by atoms with Crippen LogP contribution in [-0.2, 0) is 17.6 Å². The van der Waals surface area contributed by atoms with Crippen molar-refractivity contribution in [1.29, 1.82) is 0 Å². The molecule has 0 saturated heterocycles. The lowest BCUT2D eigenvalue weighted by Gasteiger charge is -2.37. The zero-order valence-electron chi connectivity index (χ0n) is 12.0. The van der Waals surface area contributed by atoms with Crippen LogP contribution in [0.15, 0.2) is 18.2 Å². The summed E-state index contributed by atoms with van der Waals surface area (Å²) >= 11 is 0. The maximum absolute atomic E-state index is 12.2. The number of rotatable bonds is 5. The maximum Gasteiger partial charge on any atom is 0.226 e. The standard InChI is InChI=1S/C16H24N2O/c1-3-12-7-5-8-13(4-2)15(12)18-14(19)11-16(17)9-6-10-16/h5,7-8H,3-4,6,9-11,17H2,1-2H3,(H,18,19). The number of carbonyl (C=O) groups is 1. The average molecular weight is 260 g/mol. The van der Waals surface area contributed by atoms with Gasteiger partial charge in [-0.3, -0.25) is 4.79 Å². The fourth-order valence-corrected chi connectivity index (χ4v) is 2.71. The lowest BCUT2D eigenvalue weighted by molar-refractivity contribution is -0.118. The van der Waals surface area contributed by atoms with Crippen LogP contribution in [0.4, 0.5) is 5.69 Å². The number of amides is 1. The third kappa shape index (κ3) is 3.16. The smallest absolute Gasteiger partial charge is 0.226 e. The number of nitrogens with one attached hydrogen (secondary N) is 1. The highest BCUT2D eigenvalue weighted by atomic mass is 16.1. The molecule has 0 bridgehead atoms. The van der Waals surface area contributed by atoms with Crippen LogP contribution >= 0.6 is 0 Å². The molecular formula is C16H24N2O. The predicted octanol–water partition coefficient (Wildman–Crippen LogP) is 3.02. The van der Waals surface area contributed by atoms with E-state index in [4.69, 9.17) is 5.73 Å². The van der Waals surface area contributed by atoms with Crippen molar-refractivity contribution in [3.63, 3.8) is 0 Å². The normalized spacial score (nSPS) is 16.8. The van der Waals surface area contributed by atoms with Gasteiger partial charge in [-0.2, -0.15) is 0 Å². The summed E-state index contributed by atoms with van der Waals surface area (Å²) in [6.45, 7) is 4.22. The summed E-state index contributed by atoms with van der Waals surface area (Å²) in [5, 5.41) is 3.09. The quantitative estimate of drug-likeness (QED) is 0.855. The Hall–Kier alpha value is -1.35. The first-order valence-electron chi connectivity index (χ1n) is 7.27. The first-order chi connectivity index (χ1) is 9.08. The molecule has 1 amide bonds. The minimum absolute atomic E-state index is 0.0535. The van der Waals surface area contributed by atoms with E-state index < -0.39 is 0 Å². The molecule has 0 heterocycles. The third-order valence-corrected chi connectivity index (χ3v) is 4.13. The zero-order valence-corrected chi connectivity index (χ0v) is 12.0. The molecule has 1 aliphatic carbocycles. The van der Waals surface area contributed by atoms with Crippen LogP contribution < -0.4 is 11.1 Å². The van der Waals surface area contributed by atoms with Crippen LogP contribution in [0.2, 0.25) is 0 Å². The number of anilines is 1. The van der Waals surface area contributed by atoms with E-state index in [-0.39, 0.29) is 11.4 Å². The second kappa shape index (κ2) is 5.74. The van der Waals surface area contributed by atoms with Gasteiger partial charge in [-0.25, -0.2) is 0 Å². The number of hydrogen-bond acceptors (Lipinski definition) is 2. The van der Waals surface area contributed by atoms with Gasteiger partial charge in [0, 0.05) is 17.6 Å². The maximum atomic E-state index is 12.2. The fourth-order valence-electron chi connectivity index (χ4n) is 2.71. The third-order valence-electron chi connectivity index (χ3n) is 4.13. The number of carbonyl (C=O) groups excluding carboxylic acids is 1. The molecule has 104 valence electrons. The van der Waals surface area contributed by atoms with E-state index in [2.05, 4.69) is 37.4 Å². The van der Waals surface area contributed by atoms with Gasteiger partial charge in [-0.1, -0.05) is 32.0 Å². The molecule has 3 nitrogen and oxygen atoms in total. The Balaban J connectivity index is 2.11. The molecule has 1 fully saturated rings. The number of para-hydroxylation sites is 1. The van der Waals surface area contributed by atoms with E-state index in [9.17, 15) is 4.79 Å². The van der Waals surface area contributed by atoms with Gasteiger partial charge in [0.1, 0.15) is 0 Å². The first-order valence-corrected chi connectivity index (χ1v) is 7.27. The largest absolute Gasteiger partial charge is 0.326 e. The highest BCUT2D eigenvalue weighted by Crippen LogP contribution is 2.32. The van der Waals surface area contributed by atoms with Crippen molar-refractivity contribution in [3.8, 4) is 0 Å². The molecule has 0 aliphatic heterocycles. The van der Waals surface area contributed by atoms with Gasteiger partial charge >= 0.3 is 0 Å². The number of aryl methyl sites for hydroxylation is 2. The van der Waals surface area contributed by atoms with Crippen LogP contribution in [0.25, 0.3) is 0 Å². The zero-order chi connectivity index (χ0) is 13.9. The molecular weight excluding hydrogens is 236 g/mol. The summed E-state index contributed by atoms with van der Waals surface area (Å²) in [7, 11) is 0. The number of benzene rings is 1. The molecule has 19 heavy (non-hydrogen) atoms. The molecule has 3 heteroatoms. The average Bonchev–Trinajstić information content (AvgIpc) is 2.37. The van der Waals surface area contributed by atoms with Crippen LogP contribution in [-0.4, -0.2) is 11.4 Å². The summed E-state index contributed by atoms with van der Waals surface area (Å²) < 4.78 is 0. The summed E-state index contributed by atoms with van der Waals surface area (Å²) in [6, 6.07) is 6.22. The Morgan fingerprint density at radius 3 is 2.26 bits per heavy atom. The molecule has 0 aromatic heterocycles. The molecule has 0 spiro atoms. The van der Waals surface area contributed by atoms with Gasteiger partial charge in [0.2, 0.25) is 5.91 Å². The molecule has 1 aromatic rings. The molecule has 0 unspecified atom stereocenters. The van der Waals surface area contributed by atoms with Gasteiger partial charge in [-0.15, -0.1) is 0 Å². The lowest BCUT2D eigenvalue weighted by Crippen LogP contribution is -2.49. The van der Waals surface area contributed by atoms with Crippen LogP contribution in [0.3, 0.4) is 0 Å². The summed E-state index contributed by atoms with van der Waals surface area (Å²) in [4.78, 5) is 12.2. The van der Waals surface area contributed by atoms with Crippen molar-refractivity contribution in [2.24, 2.45) is 5.73 Å². The van der Waals surface area contributed by atoms with Gasteiger partial charge < -0.3 is 11.1 Å². The van der Waals surface area contributed by atoms with Gasteiger partial charge in [0.05, 0.1) is 0 Å². The molecule has 2 rings (SSSR count). The Kier molecular flexibility index (Phi) is 4.25. The lowest BCUT2D eigenvalue weighted by atomic mass is 9.75. The van der Waals surface area contributed by atoms with Gasteiger partial charge in [-0.05, 0) is 43.2 Å². The van der Waals surface area contributed by atoms with E-state index in [1.807, 2.05) is 0 Å². The van der Waals surface area contributed by atoms with Crippen molar-refractivity contribution in [2.45, 2.75) is 57.9 Å². The Morgan fingerprint density at radius 2 is 1.84 bits per heavy atom. The predicted molar refractivity (Wildman–Crippen MR) is 79.2 cm³/mol. The van der Waals surface area contributed by atoms with Crippen molar-refractivity contribution >= 4 is 11.6 Å². The SMILES string of the molecule is CCc1cccc(CC)c1NC(=O)CC1(N)CCC1. The van der Waals surface area contributed by atoms with Crippen molar-refractivity contribution in [3.05, 3.63) is 29.3 Å².